The maximum atomic E-state index is 11.5. The number of nitrogens with two attached hydrogens (primary N) is 2. The minimum Gasteiger partial charge on any atom is -0.368 e. The third kappa shape index (κ3) is 7.23. The Morgan fingerprint density at radius 1 is 1.25 bits per heavy atom. The van der Waals surface area contributed by atoms with Gasteiger partial charge >= 0.3 is 0 Å². The summed E-state index contributed by atoms with van der Waals surface area (Å²) in [5.74, 6) is -0.277. The molecule has 0 aliphatic heterocycles. The molecule has 16 heavy (non-hydrogen) atoms. The fourth-order valence-corrected chi connectivity index (χ4v) is 1.41. The molecule has 0 radical (unpaired) electrons. The molecule has 0 saturated heterocycles. The van der Waals surface area contributed by atoms with E-state index < -0.39 is 11.9 Å². The fraction of sp³-hybridized carbons (Fsp3) is 0.818. The number of amides is 2. The molecular formula is C11H23N3O2. The predicted octanol–water partition coefficient (Wildman–Crippen LogP) is 0.132. The summed E-state index contributed by atoms with van der Waals surface area (Å²) in [6, 6.07) is -0.551. The topological polar surface area (TPSA) is 98.2 Å². The maximum absolute atomic E-state index is 11.5. The van der Waals surface area contributed by atoms with Gasteiger partial charge in [0.05, 0.1) is 0 Å². The standard InChI is InChI=1S/C11H23N3O2/c1-8(2)7-9(11(13)16)14-10(15)5-3-4-6-12/h8-9H,3-7,12H2,1-2H3,(H2,13,16)(H,14,15). The first-order chi connectivity index (χ1) is 7.47. The monoisotopic (exact) mass is 229 g/mol. The number of primary amides is 1. The second kappa shape index (κ2) is 8.10. The van der Waals surface area contributed by atoms with E-state index in [-0.39, 0.29) is 5.91 Å². The van der Waals surface area contributed by atoms with E-state index in [1.165, 1.54) is 0 Å². The summed E-state index contributed by atoms with van der Waals surface area (Å²) in [6.45, 7) is 4.55. The van der Waals surface area contributed by atoms with E-state index in [4.69, 9.17) is 11.5 Å². The van der Waals surface area contributed by atoms with Crippen LogP contribution in [0.1, 0.15) is 39.5 Å². The highest BCUT2D eigenvalue weighted by atomic mass is 16.2. The van der Waals surface area contributed by atoms with Crippen molar-refractivity contribution in [1.82, 2.24) is 5.32 Å². The van der Waals surface area contributed by atoms with Crippen molar-refractivity contribution in [1.29, 1.82) is 0 Å². The molecule has 0 rings (SSSR count). The molecule has 0 bridgehead atoms. The van der Waals surface area contributed by atoms with Crippen LogP contribution in [-0.4, -0.2) is 24.4 Å². The summed E-state index contributed by atoms with van der Waals surface area (Å²) in [5.41, 5.74) is 10.5. The number of hydrogen-bond acceptors (Lipinski definition) is 3. The quantitative estimate of drug-likeness (QED) is 0.516. The van der Waals surface area contributed by atoms with Gasteiger partial charge in [0.1, 0.15) is 6.04 Å². The molecule has 0 aromatic rings. The largest absolute Gasteiger partial charge is 0.368 e. The highest BCUT2D eigenvalue weighted by Crippen LogP contribution is 2.05. The van der Waals surface area contributed by atoms with Gasteiger partial charge in [0, 0.05) is 6.42 Å². The molecule has 0 fully saturated rings. The van der Waals surface area contributed by atoms with E-state index >= 15 is 0 Å². The van der Waals surface area contributed by atoms with Crippen molar-refractivity contribution in [2.75, 3.05) is 6.54 Å². The zero-order valence-corrected chi connectivity index (χ0v) is 10.2. The molecule has 1 atom stereocenters. The van der Waals surface area contributed by atoms with Crippen LogP contribution in [0.15, 0.2) is 0 Å². The van der Waals surface area contributed by atoms with Crippen molar-refractivity contribution in [3.8, 4) is 0 Å². The Bertz CT molecular complexity index is 229. The second-order valence-electron chi connectivity index (χ2n) is 4.40. The van der Waals surface area contributed by atoms with Gasteiger partial charge in [-0.1, -0.05) is 13.8 Å². The Labute approximate surface area is 96.9 Å². The lowest BCUT2D eigenvalue weighted by Crippen LogP contribution is -2.45. The van der Waals surface area contributed by atoms with Crippen LogP contribution in [0, 0.1) is 5.92 Å². The van der Waals surface area contributed by atoms with Crippen LogP contribution in [0.4, 0.5) is 0 Å². The Morgan fingerprint density at radius 2 is 1.88 bits per heavy atom. The van der Waals surface area contributed by atoms with E-state index in [0.717, 1.165) is 12.8 Å². The maximum Gasteiger partial charge on any atom is 0.240 e. The lowest BCUT2D eigenvalue weighted by atomic mass is 10.0. The van der Waals surface area contributed by atoms with E-state index in [1.54, 1.807) is 0 Å². The molecule has 2 amide bonds. The lowest BCUT2D eigenvalue weighted by Gasteiger charge is -2.17. The van der Waals surface area contributed by atoms with Crippen LogP contribution in [0.25, 0.3) is 0 Å². The summed E-state index contributed by atoms with van der Waals surface area (Å²) >= 11 is 0. The summed E-state index contributed by atoms with van der Waals surface area (Å²) in [4.78, 5) is 22.5. The van der Waals surface area contributed by atoms with Crippen LogP contribution in [-0.2, 0) is 9.59 Å². The first-order valence-corrected chi connectivity index (χ1v) is 5.76. The summed E-state index contributed by atoms with van der Waals surface area (Å²) in [5, 5.41) is 2.65. The van der Waals surface area contributed by atoms with Crippen LogP contribution in [0.5, 0.6) is 0 Å². The molecule has 5 heteroatoms. The van der Waals surface area contributed by atoms with Gasteiger partial charge in [-0.15, -0.1) is 0 Å². The van der Waals surface area contributed by atoms with Crippen LogP contribution in [0.3, 0.4) is 0 Å². The van der Waals surface area contributed by atoms with Crippen LogP contribution < -0.4 is 16.8 Å². The summed E-state index contributed by atoms with van der Waals surface area (Å²) in [6.07, 6.45) is 2.55. The molecule has 0 spiro atoms. The third-order valence-corrected chi connectivity index (χ3v) is 2.24. The predicted molar refractivity (Wildman–Crippen MR) is 63.5 cm³/mol. The average Bonchev–Trinajstić information content (AvgIpc) is 2.16. The van der Waals surface area contributed by atoms with E-state index in [2.05, 4.69) is 5.32 Å². The van der Waals surface area contributed by atoms with Crippen molar-refractivity contribution in [3.63, 3.8) is 0 Å². The van der Waals surface area contributed by atoms with Crippen molar-refractivity contribution >= 4 is 11.8 Å². The van der Waals surface area contributed by atoms with Crippen LogP contribution in [0.2, 0.25) is 0 Å². The molecule has 0 heterocycles. The minimum atomic E-state index is -0.551. The van der Waals surface area contributed by atoms with Gasteiger partial charge < -0.3 is 16.8 Å². The van der Waals surface area contributed by atoms with Gasteiger partial charge in [-0.3, -0.25) is 9.59 Å². The fourth-order valence-electron chi connectivity index (χ4n) is 1.41. The molecule has 5 nitrogen and oxygen atoms in total. The van der Waals surface area contributed by atoms with Crippen LogP contribution >= 0.6 is 0 Å². The number of carbonyl (C=O) groups excluding carboxylic acids is 2. The van der Waals surface area contributed by atoms with E-state index in [1.807, 2.05) is 13.8 Å². The lowest BCUT2D eigenvalue weighted by molar-refractivity contribution is -0.127. The number of rotatable bonds is 8. The zero-order chi connectivity index (χ0) is 12.6. The normalized spacial score (nSPS) is 12.5. The molecule has 0 aliphatic carbocycles. The van der Waals surface area contributed by atoms with Gasteiger partial charge in [0.25, 0.3) is 0 Å². The average molecular weight is 229 g/mol. The van der Waals surface area contributed by atoms with E-state index in [0.29, 0.717) is 25.3 Å². The zero-order valence-electron chi connectivity index (χ0n) is 10.2. The van der Waals surface area contributed by atoms with Crippen molar-refractivity contribution < 1.29 is 9.59 Å². The molecule has 0 aromatic carbocycles. The van der Waals surface area contributed by atoms with Gasteiger partial charge in [-0.25, -0.2) is 0 Å². The Hall–Kier alpha value is -1.10. The third-order valence-electron chi connectivity index (χ3n) is 2.24. The number of carbonyl (C=O) groups is 2. The minimum absolute atomic E-state index is 0.127. The Morgan fingerprint density at radius 3 is 2.31 bits per heavy atom. The second-order valence-corrected chi connectivity index (χ2v) is 4.40. The highest BCUT2D eigenvalue weighted by molar-refractivity contribution is 5.86. The Kier molecular flexibility index (Phi) is 7.54. The van der Waals surface area contributed by atoms with Gasteiger partial charge in [-0.05, 0) is 31.7 Å². The van der Waals surface area contributed by atoms with Gasteiger partial charge in [0.2, 0.25) is 11.8 Å². The van der Waals surface area contributed by atoms with Crippen molar-refractivity contribution in [2.45, 2.75) is 45.6 Å². The molecule has 0 aromatic heterocycles. The molecule has 0 aliphatic rings. The highest BCUT2D eigenvalue weighted by Gasteiger charge is 2.18. The number of unbranched alkanes of at least 4 members (excludes halogenated alkanes) is 1. The molecule has 1 unspecified atom stereocenters. The molecular weight excluding hydrogens is 206 g/mol. The van der Waals surface area contributed by atoms with Crippen molar-refractivity contribution in [2.24, 2.45) is 17.4 Å². The van der Waals surface area contributed by atoms with E-state index in [9.17, 15) is 9.59 Å². The first-order valence-electron chi connectivity index (χ1n) is 5.76. The van der Waals surface area contributed by atoms with Crippen molar-refractivity contribution in [3.05, 3.63) is 0 Å². The number of nitrogens with one attached hydrogen (secondary N) is 1. The Balaban J connectivity index is 3.98. The number of hydrogen-bond donors (Lipinski definition) is 3. The van der Waals surface area contributed by atoms with Gasteiger partial charge in [-0.2, -0.15) is 0 Å². The summed E-state index contributed by atoms with van der Waals surface area (Å²) < 4.78 is 0. The SMILES string of the molecule is CC(C)CC(NC(=O)CCCCN)C(N)=O. The first kappa shape index (κ1) is 14.9. The smallest absolute Gasteiger partial charge is 0.240 e. The molecule has 94 valence electrons. The van der Waals surface area contributed by atoms with Gasteiger partial charge in [0.15, 0.2) is 0 Å². The summed E-state index contributed by atoms with van der Waals surface area (Å²) in [7, 11) is 0. The molecule has 5 N–H and O–H groups in total. The molecule has 0 saturated carbocycles.